The Morgan fingerprint density at radius 3 is 2.54 bits per heavy atom. The summed E-state index contributed by atoms with van der Waals surface area (Å²) in [5.41, 5.74) is 3.38. The Kier molecular flexibility index (Phi) is 6.54. The van der Waals surface area contributed by atoms with Crippen LogP contribution in [-0.2, 0) is 23.8 Å². The number of H-pyrrole nitrogens is 1. The van der Waals surface area contributed by atoms with E-state index in [1.165, 1.54) is 11.0 Å². The van der Waals surface area contributed by atoms with E-state index < -0.39 is 22.5 Å². The van der Waals surface area contributed by atoms with Gasteiger partial charge in [0.25, 0.3) is 11.8 Å². The fourth-order valence-electron chi connectivity index (χ4n) is 4.91. The second-order valence-corrected chi connectivity index (χ2v) is 10.7. The van der Waals surface area contributed by atoms with Gasteiger partial charge in [-0.05, 0) is 54.4 Å². The number of para-hydroxylation sites is 1. The quantitative estimate of drug-likeness (QED) is 0.296. The molecule has 6 nitrogen and oxygen atoms in total. The van der Waals surface area contributed by atoms with Crippen molar-refractivity contribution < 1.29 is 18.2 Å². The van der Waals surface area contributed by atoms with E-state index in [-0.39, 0.29) is 18.0 Å². The molecule has 1 aliphatic heterocycles. The van der Waals surface area contributed by atoms with E-state index in [2.05, 4.69) is 10.3 Å². The normalized spacial score (nSPS) is 14.5. The summed E-state index contributed by atoms with van der Waals surface area (Å²) < 4.78 is 28.2. The van der Waals surface area contributed by atoms with Gasteiger partial charge < -0.3 is 15.2 Å². The van der Waals surface area contributed by atoms with Gasteiger partial charge in [0.2, 0.25) is 0 Å². The summed E-state index contributed by atoms with van der Waals surface area (Å²) in [6, 6.07) is 25.7. The van der Waals surface area contributed by atoms with Crippen LogP contribution in [0.15, 0.2) is 107 Å². The van der Waals surface area contributed by atoms with Crippen molar-refractivity contribution in [3.05, 3.63) is 125 Å². The van der Waals surface area contributed by atoms with Crippen molar-refractivity contribution in [1.82, 2.24) is 10.3 Å². The molecule has 5 aromatic rings. The van der Waals surface area contributed by atoms with Crippen LogP contribution in [0.1, 0.15) is 31.8 Å². The lowest BCUT2D eigenvalue weighted by Gasteiger charge is -2.24. The lowest BCUT2D eigenvalue weighted by Crippen LogP contribution is -2.31. The Labute approximate surface area is 226 Å². The third-order valence-corrected chi connectivity index (χ3v) is 8.42. The van der Waals surface area contributed by atoms with Gasteiger partial charge in [-0.25, -0.2) is 8.60 Å². The molecule has 0 saturated carbocycles. The number of hydrogen-bond acceptors (Lipinski definition) is 3. The molecule has 0 saturated heterocycles. The Balaban J connectivity index is 1.31. The number of aromatic amines is 1. The minimum Gasteiger partial charge on any atom is -0.361 e. The van der Waals surface area contributed by atoms with Gasteiger partial charge in [-0.15, -0.1) is 0 Å². The monoisotopic (exact) mass is 537 g/mol. The number of nitrogens with zero attached hydrogens (tertiary/aromatic N) is 1. The molecule has 2 amide bonds. The number of halogens is 1. The second kappa shape index (κ2) is 10.3. The van der Waals surface area contributed by atoms with E-state index in [4.69, 9.17) is 0 Å². The van der Waals surface area contributed by atoms with Crippen LogP contribution in [-0.4, -0.2) is 27.6 Å². The van der Waals surface area contributed by atoms with E-state index in [0.29, 0.717) is 39.6 Å². The maximum Gasteiger partial charge on any atom is 0.259 e. The largest absolute Gasteiger partial charge is 0.361 e. The molecule has 1 atom stereocenters. The first kappa shape index (κ1) is 24.8. The Bertz CT molecular complexity index is 1760. The summed E-state index contributed by atoms with van der Waals surface area (Å²) in [4.78, 5) is 32.3. The molecular formula is C31H24FN3O3S. The number of anilines is 1. The number of benzene rings is 4. The molecule has 1 unspecified atom stereocenters. The third-order valence-electron chi connectivity index (χ3n) is 6.92. The number of rotatable bonds is 6. The number of aromatic nitrogens is 1. The van der Waals surface area contributed by atoms with Crippen LogP contribution in [0.4, 0.5) is 10.1 Å². The van der Waals surface area contributed by atoms with E-state index in [9.17, 15) is 18.2 Å². The van der Waals surface area contributed by atoms with Crippen molar-refractivity contribution in [3.63, 3.8) is 0 Å². The van der Waals surface area contributed by atoms with Crippen LogP contribution in [0, 0.1) is 5.82 Å². The van der Waals surface area contributed by atoms with Crippen LogP contribution in [0.2, 0.25) is 0 Å². The number of fused-ring (bicyclic) bond motifs is 3. The van der Waals surface area contributed by atoms with Gasteiger partial charge >= 0.3 is 0 Å². The molecule has 1 aromatic heterocycles. The van der Waals surface area contributed by atoms with Gasteiger partial charge in [0, 0.05) is 34.8 Å². The number of hydrogen-bond donors (Lipinski definition) is 2. The molecule has 0 bridgehead atoms. The Hall–Kier alpha value is -4.56. The number of carbonyl (C=O) groups is 2. The minimum absolute atomic E-state index is 0.0737. The molecule has 4 aromatic carbocycles. The van der Waals surface area contributed by atoms with Gasteiger partial charge in [0.15, 0.2) is 0 Å². The van der Waals surface area contributed by atoms with Crippen molar-refractivity contribution in [2.45, 2.75) is 22.8 Å². The van der Waals surface area contributed by atoms with Crippen LogP contribution in [0.3, 0.4) is 0 Å². The zero-order valence-electron chi connectivity index (χ0n) is 20.8. The maximum atomic E-state index is 14.6. The molecule has 0 fully saturated rings. The van der Waals surface area contributed by atoms with Crippen molar-refractivity contribution in [1.29, 1.82) is 0 Å². The van der Waals surface area contributed by atoms with Crippen molar-refractivity contribution in [3.8, 4) is 0 Å². The molecule has 39 heavy (non-hydrogen) atoms. The van der Waals surface area contributed by atoms with E-state index in [1.54, 1.807) is 60.7 Å². The molecule has 0 radical (unpaired) electrons. The lowest BCUT2D eigenvalue weighted by molar-refractivity contribution is 0.0950. The lowest BCUT2D eigenvalue weighted by atomic mass is 10.1. The molecule has 1 aliphatic rings. The highest BCUT2D eigenvalue weighted by Gasteiger charge is 2.32. The maximum absolute atomic E-state index is 14.6. The topological polar surface area (TPSA) is 82.3 Å². The summed E-state index contributed by atoms with van der Waals surface area (Å²) in [5, 5.41) is 4.06. The van der Waals surface area contributed by atoms with E-state index in [1.807, 2.05) is 30.5 Å². The van der Waals surface area contributed by atoms with Crippen LogP contribution >= 0.6 is 0 Å². The molecule has 0 spiro atoms. The Morgan fingerprint density at radius 2 is 1.67 bits per heavy atom. The van der Waals surface area contributed by atoms with Crippen molar-refractivity contribution in [2.75, 3.05) is 11.4 Å². The van der Waals surface area contributed by atoms with Crippen molar-refractivity contribution in [2.24, 2.45) is 0 Å². The first-order valence-electron chi connectivity index (χ1n) is 12.5. The Morgan fingerprint density at radius 1 is 0.897 bits per heavy atom. The second-order valence-electron chi connectivity index (χ2n) is 9.30. The molecular weight excluding hydrogens is 513 g/mol. The standard InChI is InChI=1S/C31H24FN3O3S/c32-25-10-4-1-7-22(25)19-35-27-17-20(13-14-29(27)39(38)28-12-6-3-9-24(28)31(35)37)30(36)33-16-15-21-18-34-26-11-5-2-8-23(21)26/h1-14,17-18,34H,15-16,19H2,(H,33,36). The fraction of sp³-hybridized carbons (Fsp3) is 0.0968. The first-order chi connectivity index (χ1) is 19.0. The highest BCUT2D eigenvalue weighted by molar-refractivity contribution is 7.85. The van der Waals surface area contributed by atoms with Crippen molar-refractivity contribution >= 4 is 39.2 Å². The van der Waals surface area contributed by atoms with Gasteiger partial charge in [-0.1, -0.05) is 48.5 Å². The molecule has 6 rings (SSSR count). The summed E-state index contributed by atoms with van der Waals surface area (Å²) >= 11 is 0. The summed E-state index contributed by atoms with van der Waals surface area (Å²) in [6.45, 7) is 0.336. The SMILES string of the molecule is O=C(NCCc1c[nH]c2ccccc12)c1ccc2c(c1)N(Cc1ccccc1F)C(=O)c1ccccc1S2=O. The third kappa shape index (κ3) is 4.64. The van der Waals surface area contributed by atoms with E-state index in [0.717, 1.165) is 16.5 Å². The van der Waals surface area contributed by atoms with Crippen LogP contribution < -0.4 is 10.2 Å². The van der Waals surface area contributed by atoms with Crippen LogP contribution in [0.25, 0.3) is 10.9 Å². The highest BCUT2D eigenvalue weighted by atomic mass is 32.2. The molecule has 8 heteroatoms. The fourth-order valence-corrected chi connectivity index (χ4v) is 6.25. The first-order valence-corrected chi connectivity index (χ1v) is 13.7. The predicted molar refractivity (Wildman–Crippen MR) is 149 cm³/mol. The molecule has 2 N–H and O–H groups in total. The zero-order valence-corrected chi connectivity index (χ0v) is 21.6. The minimum atomic E-state index is -1.66. The smallest absolute Gasteiger partial charge is 0.259 e. The molecule has 0 aliphatic carbocycles. The van der Waals surface area contributed by atoms with E-state index >= 15 is 0 Å². The summed E-state index contributed by atoms with van der Waals surface area (Å²) in [7, 11) is -1.66. The number of amides is 2. The highest BCUT2D eigenvalue weighted by Crippen LogP contribution is 2.36. The van der Waals surface area contributed by atoms with Gasteiger partial charge in [-0.2, -0.15) is 0 Å². The zero-order chi connectivity index (χ0) is 26.9. The molecule has 2 heterocycles. The van der Waals surface area contributed by atoms with Crippen LogP contribution in [0.5, 0.6) is 0 Å². The van der Waals surface area contributed by atoms with Gasteiger partial charge in [0.05, 0.1) is 38.4 Å². The number of nitrogens with one attached hydrogen (secondary N) is 2. The number of carbonyl (C=O) groups excluding carboxylic acids is 2. The summed E-state index contributed by atoms with van der Waals surface area (Å²) in [6.07, 6.45) is 2.58. The summed E-state index contributed by atoms with van der Waals surface area (Å²) in [5.74, 6) is -1.17. The molecule has 194 valence electrons. The predicted octanol–water partition coefficient (Wildman–Crippen LogP) is 5.61. The average molecular weight is 538 g/mol. The average Bonchev–Trinajstić information content (AvgIpc) is 3.35. The van der Waals surface area contributed by atoms with Gasteiger partial charge in [-0.3, -0.25) is 9.59 Å². The van der Waals surface area contributed by atoms with Gasteiger partial charge in [0.1, 0.15) is 5.82 Å².